The van der Waals surface area contributed by atoms with E-state index < -0.39 is 5.60 Å². The Bertz CT molecular complexity index is 494. The highest BCUT2D eigenvalue weighted by Gasteiger charge is 2.18. The summed E-state index contributed by atoms with van der Waals surface area (Å²) in [5.41, 5.74) is 1.41. The van der Waals surface area contributed by atoms with Gasteiger partial charge in [0.25, 0.3) is 0 Å². The van der Waals surface area contributed by atoms with Gasteiger partial charge in [0.05, 0.1) is 16.8 Å². The van der Waals surface area contributed by atoms with Gasteiger partial charge in [-0.05, 0) is 26.8 Å². The quantitative estimate of drug-likeness (QED) is 0.859. The van der Waals surface area contributed by atoms with Crippen molar-refractivity contribution in [3.63, 3.8) is 0 Å². The molecule has 0 radical (unpaired) electrons. The number of aromatic nitrogens is 2. The van der Waals surface area contributed by atoms with Crippen molar-refractivity contribution in [3.05, 3.63) is 30.0 Å². The van der Waals surface area contributed by atoms with Gasteiger partial charge in [0.1, 0.15) is 0 Å². The number of hydrogen-bond donors (Lipinski definition) is 1. The number of para-hydroxylation sites is 1. The number of nitrogens with zero attached hydrogens (tertiary/aromatic N) is 2. The first-order valence-electron chi connectivity index (χ1n) is 5.68. The largest absolute Gasteiger partial charge is 0.390 e. The van der Waals surface area contributed by atoms with Gasteiger partial charge < -0.3 is 5.11 Å². The number of rotatable bonds is 3. The van der Waals surface area contributed by atoms with Crippen molar-refractivity contribution >= 4 is 10.9 Å². The maximum atomic E-state index is 9.86. The van der Waals surface area contributed by atoms with Crippen molar-refractivity contribution in [3.8, 4) is 0 Å². The minimum Gasteiger partial charge on any atom is -0.390 e. The fourth-order valence-corrected chi connectivity index (χ4v) is 1.98. The molecule has 0 unspecified atom stereocenters. The van der Waals surface area contributed by atoms with Crippen molar-refractivity contribution < 1.29 is 5.11 Å². The summed E-state index contributed by atoms with van der Waals surface area (Å²) >= 11 is 0. The van der Waals surface area contributed by atoms with Crippen LogP contribution in [0.25, 0.3) is 10.9 Å². The molecule has 1 heterocycles. The van der Waals surface area contributed by atoms with Crippen molar-refractivity contribution in [2.24, 2.45) is 0 Å². The Balaban J connectivity index is 2.53. The maximum absolute atomic E-state index is 9.86. The highest BCUT2D eigenvalue weighted by molar-refractivity contribution is 5.82. The second kappa shape index (κ2) is 3.91. The molecule has 0 spiro atoms. The molecule has 0 aliphatic heterocycles. The molecular formula is C13H18N2O. The van der Waals surface area contributed by atoms with Crippen LogP contribution in [-0.4, -0.2) is 20.5 Å². The summed E-state index contributed by atoms with van der Waals surface area (Å²) in [7, 11) is 0. The SMILES string of the molecule is CCn1nc(CC(C)(C)O)c2ccccc21. The van der Waals surface area contributed by atoms with Crippen LogP contribution in [0.15, 0.2) is 24.3 Å². The molecule has 1 aromatic carbocycles. The Hall–Kier alpha value is -1.35. The fourth-order valence-electron chi connectivity index (χ4n) is 1.98. The Morgan fingerprint density at radius 1 is 1.31 bits per heavy atom. The molecule has 86 valence electrons. The first-order chi connectivity index (χ1) is 7.51. The molecule has 2 aromatic rings. The molecule has 0 saturated carbocycles. The van der Waals surface area contributed by atoms with Crippen LogP contribution in [0.5, 0.6) is 0 Å². The van der Waals surface area contributed by atoms with E-state index in [1.165, 1.54) is 0 Å². The summed E-state index contributed by atoms with van der Waals surface area (Å²) < 4.78 is 1.98. The van der Waals surface area contributed by atoms with Crippen LogP contribution in [0.4, 0.5) is 0 Å². The Labute approximate surface area is 95.7 Å². The molecule has 0 fully saturated rings. The van der Waals surface area contributed by atoms with Gasteiger partial charge in [-0.1, -0.05) is 18.2 Å². The molecule has 1 N–H and O–H groups in total. The standard InChI is InChI=1S/C13H18N2O/c1-4-15-12-8-6-5-7-10(12)11(14-15)9-13(2,3)16/h5-8,16H,4,9H2,1-3H3. The Morgan fingerprint density at radius 2 is 2.00 bits per heavy atom. The highest BCUT2D eigenvalue weighted by Crippen LogP contribution is 2.22. The van der Waals surface area contributed by atoms with Gasteiger partial charge in [-0.15, -0.1) is 0 Å². The van der Waals surface area contributed by atoms with E-state index in [9.17, 15) is 5.11 Å². The van der Waals surface area contributed by atoms with E-state index in [2.05, 4.69) is 24.2 Å². The first kappa shape index (κ1) is 11.1. The summed E-state index contributed by atoms with van der Waals surface area (Å²) in [6.07, 6.45) is 0.584. The molecule has 0 bridgehead atoms. The lowest BCUT2D eigenvalue weighted by Gasteiger charge is -2.15. The summed E-state index contributed by atoms with van der Waals surface area (Å²) in [6, 6.07) is 8.16. The van der Waals surface area contributed by atoms with Gasteiger partial charge >= 0.3 is 0 Å². The number of hydrogen-bond acceptors (Lipinski definition) is 2. The zero-order valence-corrected chi connectivity index (χ0v) is 10.1. The summed E-state index contributed by atoms with van der Waals surface area (Å²) in [5, 5.41) is 15.6. The van der Waals surface area contributed by atoms with Gasteiger partial charge in [-0.2, -0.15) is 5.10 Å². The second-order valence-electron chi connectivity index (χ2n) is 4.77. The highest BCUT2D eigenvalue weighted by atomic mass is 16.3. The molecule has 3 heteroatoms. The van der Waals surface area contributed by atoms with Crippen LogP contribution in [0, 0.1) is 0 Å². The van der Waals surface area contributed by atoms with Gasteiger partial charge in [-0.3, -0.25) is 4.68 Å². The first-order valence-corrected chi connectivity index (χ1v) is 5.68. The molecule has 2 rings (SSSR count). The average molecular weight is 218 g/mol. The molecule has 0 saturated heterocycles. The lowest BCUT2D eigenvalue weighted by atomic mass is 10.0. The van der Waals surface area contributed by atoms with Crippen molar-refractivity contribution in [2.75, 3.05) is 0 Å². The lowest BCUT2D eigenvalue weighted by molar-refractivity contribution is 0.0801. The van der Waals surface area contributed by atoms with Crippen LogP contribution in [0.3, 0.4) is 0 Å². The van der Waals surface area contributed by atoms with Gasteiger partial charge in [0.15, 0.2) is 0 Å². The van der Waals surface area contributed by atoms with Crippen molar-refractivity contribution in [2.45, 2.75) is 39.3 Å². The van der Waals surface area contributed by atoms with E-state index in [-0.39, 0.29) is 0 Å². The zero-order chi connectivity index (χ0) is 11.8. The number of aliphatic hydroxyl groups is 1. The topological polar surface area (TPSA) is 38.0 Å². The normalized spacial score (nSPS) is 12.2. The molecule has 16 heavy (non-hydrogen) atoms. The molecule has 0 amide bonds. The third-order valence-electron chi connectivity index (χ3n) is 2.63. The minimum absolute atomic E-state index is 0.584. The van der Waals surface area contributed by atoms with Crippen LogP contribution < -0.4 is 0 Å². The molecule has 0 aliphatic rings. The number of benzene rings is 1. The van der Waals surface area contributed by atoms with Gasteiger partial charge in [0, 0.05) is 18.4 Å². The molecule has 0 atom stereocenters. The van der Waals surface area contributed by atoms with Crippen LogP contribution in [0.1, 0.15) is 26.5 Å². The predicted octanol–water partition coefficient (Wildman–Crippen LogP) is 2.37. The number of fused-ring (bicyclic) bond motifs is 1. The summed E-state index contributed by atoms with van der Waals surface area (Å²) in [4.78, 5) is 0. The van der Waals surface area contributed by atoms with E-state index in [0.717, 1.165) is 23.1 Å². The minimum atomic E-state index is -0.713. The monoisotopic (exact) mass is 218 g/mol. The van der Waals surface area contributed by atoms with E-state index in [1.807, 2.05) is 30.7 Å². The summed E-state index contributed by atoms with van der Waals surface area (Å²) in [6.45, 7) is 6.55. The average Bonchev–Trinajstić information content (AvgIpc) is 2.55. The zero-order valence-electron chi connectivity index (χ0n) is 10.1. The van der Waals surface area contributed by atoms with Gasteiger partial charge in [-0.25, -0.2) is 0 Å². The maximum Gasteiger partial charge on any atom is 0.0731 e. The second-order valence-corrected chi connectivity index (χ2v) is 4.77. The van der Waals surface area contributed by atoms with Crippen LogP contribution >= 0.6 is 0 Å². The summed E-state index contributed by atoms with van der Waals surface area (Å²) in [5.74, 6) is 0. The number of aryl methyl sites for hydroxylation is 1. The Morgan fingerprint density at radius 3 is 2.62 bits per heavy atom. The molecule has 3 nitrogen and oxygen atoms in total. The van der Waals surface area contributed by atoms with Crippen LogP contribution in [-0.2, 0) is 13.0 Å². The predicted molar refractivity (Wildman–Crippen MR) is 65.4 cm³/mol. The van der Waals surface area contributed by atoms with Crippen LogP contribution in [0.2, 0.25) is 0 Å². The van der Waals surface area contributed by atoms with E-state index in [1.54, 1.807) is 0 Å². The van der Waals surface area contributed by atoms with E-state index >= 15 is 0 Å². The van der Waals surface area contributed by atoms with E-state index in [0.29, 0.717) is 6.42 Å². The fraction of sp³-hybridized carbons (Fsp3) is 0.462. The third kappa shape index (κ3) is 2.09. The smallest absolute Gasteiger partial charge is 0.0731 e. The molecule has 1 aromatic heterocycles. The lowest BCUT2D eigenvalue weighted by Crippen LogP contribution is -2.22. The van der Waals surface area contributed by atoms with Gasteiger partial charge in [0.2, 0.25) is 0 Å². The van der Waals surface area contributed by atoms with Crippen molar-refractivity contribution in [1.82, 2.24) is 9.78 Å². The molecule has 0 aliphatic carbocycles. The molecular weight excluding hydrogens is 200 g/mol. The Kier molecular flexibility index (Phi) is 2.72. The van der Waals surface area contributed by atoms with Crippen molar-refractivity contribution in [1.29, 1.82) is 0 Å². The third-order valence-corrected chi connectivity index (χ3v) is 2.63. The van der Waals surface area contributed by atoms with E-state index in [4.69, 9.17) is 0 Å².